The number of amides is 1. The van der Waals surface area contributed by atoms with E-state index in [1.54, 1.807) is 18.2 Å². The Balaban J connectivity index is 2.10. The van der Waals surface area contributed by atoms with Gasteiger partial charge in [0.05, 0.1) is 5.52 Å². The van der Waals surface area contributed by atoms with Crippen molar-refractivity contribution in [3.8, 4) is 11.1 Å². The number of rotatable bonds is 1. The van der Waals surface area contributed by atoms with E-state index in [2.05, 4.69) is 5.32 Å². The van der Waals surface area contributed by atoms with Gasteiger partial charge in [0.25, 0.3) is 5.91 Å². The quantitative estimate of drug-likeness (QED) is 0.727. The minimum atomic E-state index is -0.409. The average Bonchev–Trinajstić information content (AvgIpc) is 2.90. The molecule has 1 N–H and O–H groups in total. The zero-order chi connectivity index (χ0) is 16.1. The summed E-state index contributed by atoms with van der Waals surface area (Å²) < 4.78 is 29.5. The predicted octanol–water partition coefficient (Wildman–Crippen LogP) is 3.89. The van der Waals surface area contributed by atoms with Crippen molar-refractivity contribution in [3.05, 3.63) is 59.8 Å². The molecular weight excluding hydrogens is 298 g/mol. The molecule has 3 nitrogen and oxygen atoms in total. The molecule has 4 rings (SSSR count). The third kappa shape index (κ3) is 2.11. The molecule has 2 aromatic carbocycles. The fourth-order valence-electron chi connectivity index (χ4n) is 3.27. The van der Waals surface area contributed by atoms with Gasteiger partial charge in [-0.25, -0.2) is 8.78 Å². The van der Waals surface area contributed by atoms with E-state index in [0.29, 0.717) is 28.8 Å². The Morgan fingerprint density at radius 3 is 2.74 bits per heavy atom. The number of carbonyl (C=O) groups excluding carboxylic acids is 1. The minimum absolute atomic E-state index is 0.0398. The van der Waals surface area contributed by atoms with Gasteiger partial charge in [-0.3, -0.25) is 4.79 Å². The fraction of sp³-hybridized carbons (Fsp3) is 0.167. The van der Waals surface area contributed by atoms with Gasteiger partial charge in [-0.05, 0) is 42.8 Å². The zero-order valence-corrected chi connectivity index (χ0v) is 12.4. The molecule has 0 aliphatic carbocycles. The monoisotopic (exact) mass is 312 g/mol. The SMILES string of the molecule is C[C@@H]1CNC(=O)c2cc3cc(F)cc(-c4cccc(F)c4)c3n21. The van der Waals surface area contributed by atoms with Crippen LogP contribution in [-0.2, 0) is 0 Å². The smallest absolute Gasteiger partial charge is 0.268 e. The zero-order valence-electron chi connectivity index (χ0n) is 12.4. The van der Waals surface area contributed by atoms with Gasteiger partial charge in [0.2, 0.25) is 0 Å². The lowest BCUT2D eigenvalue weighted by atomic mass is 10.0. The highest BCUT2D eigenvalue weighted by atomic mass is 19.1. The number of hydrogen-bond donors (Lipinski definition) is 1. The third-order valence-electron chi connectivity index (χ3n) is 4.26. The van der Waals surface area contributed by atoms with Gasteiger partial charge in [0.15, 0.2) is 0 Å². The molecule has 5 heteroatoms. The van der Waals surface area contributed by atoms with Crippen LogP contribution in [0.5, 0.6) is 0 Å². The van der Waals surface area contributed by atoms with E-state index in [1.807, 2.05) is 11.5 Å². The summed E-state index contributed by atoms with van der Waals surface area (Å²) in [6.45, 7) is 2.50. The van der Waals surface area contributed by atoms with Crippen molar-refractivity contribution in [2.24, 2.45) is 0 Å². The molecule has 0 bridgehead atoms. The lowest BCUT2D eigenvalue weighted by Gasteiger charge is -2.25. The summed E-state index contributed by atoms with van der Waals surface area (Å²) in [7, 11) is 0. The maximum atomic E-state index is 14.0. The second-order valence-electron chi connectivity index (χ2n) is 5.86. The van der Waals surface area contributed by atoms with E-state index in [0.717, 1.165) is 5.52 Å². The van der Waals surface area contributed by atoms with Gasteiger partial charge in [-0.2, -0.15) is 0 Å². The Labute approximate surface area is 131 Å². The molecule has 23 heavy (non-hydrogen) atoms. The highest BCUT2D eigenvalue weighted by molar-refractivity contribution is 6.03. The first-order valence-corrected chi connectivity index (χ1v) is 7.43. The van der Waals surface area contributed by atoms with Crippen molar-refractivity contribution in [1.82, 2.24) is 9.88 Å². The van der Waals surface area contributed by atoms with E-state index < -0.39 is 5.82 Å². The number of nitrogens with one attached hydrogen (secondary N) is 1. The molecule has 0 radical (unpaired) electrons. The lowest BCUT2D eigenvalue weighted by Crippen LogP contribution is -2.37. The van der Waals surface area contributed by atoms with Crippen LogP contribution in [0.1, 0.15) is 23.5 Å². The van der Waals surface area contributed by atoms with Gasteiger partial charge >= 0.3 is 0 Å². The first-order valence-electron chi connectivity index (χ1n) is 7.43. The molecule has 1 atom stereocenters. The van der Waals surface area contributed by atoms with Crippen LogP contribution < -0.4 is 5.32 Å². The Hall–Kier alpha value is -2.69. The Bertz CT molecular complexity index is 946. The van der Waals surface area contributed by atoms with Crippen LogP contribution in [-0.4, -0.2) is 17.0 Å². The summed E-state index contributed by atoms with van der Waals surface area (Å²) in [4.78, 5) is 12.1. The van der Waals surface area contributed by atoms with Crippen LogP contribution in [0.15, 0.2) is 42.5 Å². The summed E-state index contributed by atoms with van der Waals surface area (Å²) in [5.74, 6) is -0.964. The molecule has 3 aromatic rings. The highest BCUT2D eigenvalue weighted by Gasteiger charge is 2.26. The van der Waals surface area contributed by atoms with E-state index in [9.17, 15) is 13.6 Å². The second-order valence-corrected chi connectivity index (χ2v) is 5.86. The molecule has 116 valence electrons. The fourth-order valence-corrected chi connectivity index (χ4v) is 3.27. The molecule has 2 heterocycles. The lowest BCUT2D eigenvalue weighted by molar-refractivity contribution is 0.0919. The van der Waals surface area contributed by atoms with E-state index in [-0.39, 0.29) is 17.8 Å². The van der Waals surface area contributed by atoms with Crippen LogP contribution in [0.25, 0.3) is 22.0 Å². The molecule has 0 fully saturated rings. The molecule has 1 aromatic heterocycles. The number of benzene rings is 2. The number of nitrogens with zero attached hydrogens (tertiary/aromatic N) is 1. The Morgan fingerprint density at radius 1 is 1.13 bits per heavy atom. The van der Waals surface area contributed by atoms with Crippen LogP contribution in [0, 0.1) is 11.6 Å². The molecule has 0 saturated heterocycles. The van der Waals surface area contributed by atoms with Gasteiger partial charge in [-0.15, -0.1) is 0 Å². The van der Waals surface area contributed by atoms with Crippen LogP contribution in [0.2, 0.25) is 0 Å². The predicted molar refractivity (Wildman–Crippen MR) is 84.3 cm³/mol. The first-order chi connectivity index (χ1) is 11.0. The molecular formula is C18H14F2N2O. The minimum Gasteiger partial charge on any atom is -0.349 e. The van der Waals surface area contributed by atoms with Crippen molar-refractivity contribution in [3.63, 3.8) is 0 Å². The largest absolute Gasteiger partial charge is 0.349 e. The van der Waals surface area contributed by atoms with Crippen molar-refractivity contribution < 1.29 is 13.6 Å². The van der Waals surface area contributed by atoms with Gasteiger partial charge in [-0.1, -0.05) is 12.1 Å². The molecule has 1 amide bonds. The van der Waals surface area contributed by atoms with Crippen LogP contribution >= 0.6 is 0 Å². The molecule has 1 aliphatic heterocycles. The molecule has 0 saturated carbocycles. The molecule has 1 aliphatic rings. The van der Waals surface area contributed by atoms with Crippen LogP contribution in [0.3, 0.4) is 0 Å². The maximum Gasteiger partial charge on any atom is 0.268 e. The van der Waals surface area contributed by atoms with Crippen molar-refractivity contribution >= 4 is 16.8 Å². The average molecular weight is 312 g/mol. The normalized spacial score (nSPS) is 17.2. The number of halogens is 2. The van der Waals surface area contributed by atoms with Gasteiger partial charge in [0.1, 0.15) is 17.3 Å². The van der Waals surface area contributed by atoms with Crippen molar-refractivity contribution in [2.75, 3.05) is 6.54 Å². The van der Waals surface area contributed by atoms with E-state index in [1.165, 1.54) is 24.3 Å². The second kappa shape index (κ2) is 4.91. The molecule has 0 unspecified atom stereocenters. The van der Waals surface area contributed by atoms with Crippen LogP contribution in [0.4, 0.5) is 8.78 Å². The topological polar surface area (TPSA) is 34.0 Å². The van der Waals surface area contributed by atoms with Gasteiger partial charge < -0.3 is 9.88 Å². The van der Waals surface area contributed by atoms with Crippen molar-refractivity contribution in [2.45, 2.75) is 13.0 Å². The van der Waals surface area contributed by atoms with Crippen molar-refractivity contribution in [1.29, 1.82) is 0 Å². The Morgan fingerprint density at radius 2 is 1.96 bits per heavy atom. The van der Waals surface area contributed by atoms with E-state index in [4.69, 9.17) is 0 Å². The third-order valence-corrected chi connectivity index (χ3v) is 4.26. The Kier molecular flexibility index (Phi) is 2.98. The maximum absolute atomic E-state index is 14.0. The highest BCUT2D eigenvalue weighted by Crippen LogP contribution is 2.35. The number of aromatic nitrogens is 1. The molecule has 0 spiro atoms. The number of carbonyl (C=O) groups is 1. The summed E-state index contributed by atoms with van der Waals surface area (Å²) in [6.07, 6.45) is 0. The first kappa shape index (κ1) is 13.9. The number of fused-ring (bicyclic) bond motifs is 3. The summed E-state index contributed by atoms with van der Waals surface area (Å²) in [6, 6.07) is 10.6. The standard InChI is InChI=1S/C18H14F2N2O/c1-10-9-21-18(23)16-7-12-6-14(20)8-15(17(12)22(10)16)11-3-2-4-13(19)5-11/h2-8,10H,9H2,1H3,(H,21,23)/t10-/m1/s1. The number of hydrogen-bond acceptors (Lipinski definition) is 1. The van der Waals surface area contributed by atoms with E-state index >= 15 is 0 Å². The summed E-state index contributed by atoms with van der Waals surface area (Å²) in [5, 5.41) is 3.46. The van der Waals surface area contributed by atoms with Gasteiger partial charge in [0, 0.05) is 23.5 Å². The summed E-state index contributed by atoms with van der Waals surface area (Å²) >= 11 is 0. The summed E-state index contributed by atoms with van der Waals surface area (Å²) in [5.41, 5.74) is 2.44.